The normalized spacial score (nSPS) is 18.2. The van der Waals surface area contributed by atoms with E-state index in [1.165, 1.54) is 0 Å². The van der Waals surface area contributed by atoms with Crippen LogP contribution in [0, 0.1) is 5.92 Å². The summed E-state index contributed by atoms with van der Waals surface area (Å²) in [6.45, 7) is 0.634. The van der Waals surface area contributed by atoms with Gasteiger partial charge in [0.05, 0.1) is 0 Å². The van der Waals surface area contributed by atoms with Crippen LogP contribution in [0.4, 0.5) is 11.5 Å². The van der Waals surface area contributed by atoms with Crippen LogP contribution in [0.15, 0.2) is 42.6 Å². The number of anilines is 2. The van der Waals surface area contributed by atoms with Crippen molar-refractivity contribution in [2.75, 3.05) is 23.8 Å². The molecule has 0 radical (unpaired) electrons. The second kappa shape index (κ2) is 5.54. The largest absolute Gasteiger partial charge is 0.396 e. The molecule has 3 N–H and O–H groups in total. The number of hydrogen-bond donors (Lipinski definition) is 2. The lowest BCUT2D eigenvalue weighted by atomic mass is 10.1. The fourth-order valence-corrected chi connectivity index (χ4v) is 2.56. The molecule has 5 nitrogen and oxygen atoms in total. The molecule has 1 fully saturated rings. The first kappa shape index (κ1) is 13.6. The van der Waals surface area contributed by atoms with Crippen molar-refractivity contribution in [3.63, 3.8) is 0 Å². The van der Waals surface area contributed by atoms with Gasteiger partial charge < -0.3 is 15.7 Å². The summed E-state index contributed by atoms with van der Waals surface area (Å²) in [7, 11) is 0. The first-order valence-corrected chi connectivity index (χ1v) is 6.90. The fourth-order valence-electron chi connectivity index (χ4n) is 2.56. The predicted octanol–water partition coefficient (Wildman–Crippen LogP) is 1.68. The molecule has 108 valence electrons. The van der Waals surface area contributed by atoms with Gasteiger partial charge in [0.1, 0.15) is 5.82 Å². The zero-order valence-electron chi connectivity index (χ0n) is 11.6. The van der Waals surface area contributed by atoms with Gasteiger partial charge in [-0.2, -0.15) is 0 Å². The maximum Gasteiger partial charge on any atom is 0.227 e. The van der Waals surface area contributed by atoms with E-state index in [-0.39, 0.29) is 18.4 Å². The van der Waals surface area contributed by atoms with Gasteiger partial charge in [0.15, 0.2) is 0 Å². The number of nitrogens with zero attached hydrogens (tertiary/aromatic N) is 2. The maximum absolute atomic E-state index is 11.9. The summed E-state index contributed by atoms with van der Waals surface area (Å²) in [5.41, 5.74) is 8.45. The average molecular weight is 283 g/mol. The zero-order chi connectivity index (χ0) is 14.8. The summed E-state index contributed by atoms with van der Waals surface area (Å²) in [6, 6.07) is 11.4. The SMILES string of the molecule is Nc1ccc(-c2ccc(N3CC(CO)CC3=O)cc2)cn1. The lowest BCUT2D eigenvalue weighted by molar-refractivity contribution is -0.117. The number of nitrogen functional groups attached to an aromatic ring is 1. The molecule has 21 heavy (non-hydrogen) atoms. The molecular weight excluding hydrogens is 266 g/mol. The van der Waals surface area contributed by atoms with Crippen LogP contribution < -0.4 is 10.6 Å². The molecule has 0 spiro atoms. The topological polar surface area (TPSA) is 79.5 Å². The van der Waals surface area contributed by atoms with E-state index in [9.17, 15) is 4.79 Å². The van der Waals surface area contributed by atoms with Crippen molar-refractivity contribution in [2.24, 2.45) is 5.92 Å². The summed E-state index contributed by atoms with van der Waals surface area (Å²) in [6.07, 6.45) is 2.15. The van der Waals surface area contributed by atoms with Gasteiger partial charge in [-0.15, -0.1) is 0 Å². The van der Waals surface area contributed by atoms with E-state index in [2.05, 4.69) is 4.98 Å². The standard InChI is InChI=1S/C16H17N3O2/c17-15-6-3-13(8-18-15)12-1-4-14(5-2-12)19-9-11(10-20)7-16(19)21/h1-6,8,11,20H,7,9-10H2,(H2,17,18). The molecule has 1 amide bonds. The summed E-state index contributed by atoms with van der Waals surface area (Å²) < 4.78 is 0. The number of amides is 1. The Labute approximate surface area is 123 Å². The van der Waals surface area contributed by atoms with Crippen LogP contribution in [0.5, 0.6) is 0 Å². The number of pyridine rings is 1. The van der Waals surface area contributed by atoms with E-state index < -0.39 is 0 Å². The molecule has 5 heteroatoms. The Hall–Kier alpha value is -2.40. The molecule has 1 saturated heterocycles. The highest BCUT2D eigenvalue weighted by molar-refractivity contribution is 5.96. The number of aliphatic hydroxyl groups excluding tert-OH is 1. The number of aromatic nitrogens is 1. The van der Waals surface area contributed by atoms with Crippen molar-refractivity contribution in [3.8, 4) is 11.1 Å². The molecule has 0 saturated carbocycles. The number of hydrogen-bond acceptors (Lipinski definition) is 4. The summed E-state index contributed by atoms with van der Waals surface area (Å²) in [4.78, 5) is 17.7. The minimum atomic E-state index is 0.0403. The van der Waals surface area contributed by atoms with E-state index in [0.717, 1.165) is 16.8 Å². The van der Waals surface area contributed by atoms with Gasteiger partial charge in [0.2, 0.25) is 5.91 Å². The van der Waals surface area contributed by atoms with Crippen LogP contribution in [0.2, 0.25) is 0 Å². The maximum atomic E-state index is 11.9. The molecule has 0 aliphatic carbocycles. The number of benzene rings is 1. The van der Waals surface area contributed by atoms with Crippen molar-refractivity contribution < 1.29 is 9.90 Å². The van der Waals surface area contributed by atoms with E-state index >= 15 is 0 Å². The van der Waals surface area contributed by atoms with E-state index in [0.29, 0.717) is 18.8 Å². The van der Waals surface area contributed by atoms with Crippen molar-refractivity contribution in [1.82, 2.24) is 4.98 Å². The van der Waals surface area contributed by atoms with Gasteiger partial charge in [-0.1, -0.05) is 12.1 Å². The van der Waals surface area contributed by atoms with Gasteiger partial charge >= 0.3 is 0 Å². The van der Waals surface area contributed by atoms with Gasteiger partial charge in [-0.25, -0.2) is 4.98 Å². The second-order valence-corrected chi connectivity index (χ2v) is 5.28. The number of rotatable bonds is 3. The van der Waals surface area contributed by atoms with Crippen LogP contribution in [0.25, 0.3) is 11.1 Å². The fraction of sp³-hybridized carbons (Fsp3) is 0.250. The van der Waals surface area contributed by atoms with Crippen LogP contribution in [0.1, 0.15) is 6.42 Å². The summed E-state index contributed by atoms with van der Waals surface area (Å²) >= 11 is 0. The summed E-state index contributed by atoms with van der Waals surface area (Å²) in [5, 5.41) is 9.17. The number of carbonyl (C=O) groups excluding carboxylic acids is 1. The number of carbonyl (C=O) groups is 1. The molecule has 1 aromatic heterocycles. The minimum Gasteiger partial charge on any atom is -0.396 e. The number of nitrogens with two attached hydrogens (primary N) is 1. The van der Waals surface area contributed by atoms with E-state index in [1.54, 1.807) is 17.2 Å². The molecule has 2 heterocycles. The Balaban J connectivity index is 1.81. The van der Waals surface area contributed by atoms with Crippen molar-refractivity contribution in [1.29, 1.82) is 0 Å². The predicted molar refractivity (Wildman–Crippen MR) is 81.6 cm³/mol. The third-order valence-electron chi connectivity index (χ3n) is 3.76. The van der Waals surface area contributed by atoms with Gasteiger partial charge in [0, 0.05) is 42.9 Å². The lowest BCUT2D eigenvalue weighted by Crippen LogP contribution is -2.24. The Kier molecular flexibility index (Phi) is 3.58. The first-order valence-electron chi connectivity index (χ1n) is 6.90. The van der Waals surface area contributed by atoms with Gasteiger partial charge in [-0.3, -0.25) is 4.79 Å². The van der Waals surface area contributed by atoms with Crippen molar-refractivity contribution in [3.05, 3.63) is 42.6 Å². The minimum absolute atomic E-state index is 0.0403. The highest BCUT2D eigenvalue weighted by atomic mass is 16.3. The highest BCUT2D eigenvalue weighted by Gasteiger charge is 2.29. The van der Waals surface area contributed by atoms with Crippen molar-refractivity contribution >= 4 is 17.4 Å². The van der Waals surface area contributed by atoms with Crippen LogP contribution in [0.3, 0.4) is 0 Å². The Bertz CT molecular complexity index is 638. The van der Waals surface area contributed by atoms with E-state index in [1.807, 2.05) is 30.3 Å². The second-order valence-electron chi connectivity index (χ2n) is 5.28. The molecule has 1 aliphatic rings. The Morgan fingerprint density at radius 1 is 1.19 bits per heavy atom. The number of aliphatic hydroxyl groups is 1. The average Bonchev–Trinajstić information content (AvgIpc) is 2.89. The molecule has 1 aromatic carbocycles. The quantitative estimate of drug-likeness (QED) is 0.898. The molecule has 3 rings (SSSR count). The third-order valence-corrected chi connectivity index (χ3v) is 3.76. The van der Waals surface area contributed by atoms with Gasteiger partial charge in [-0.05, 0) is 29.8 Å². The molecular formula is C16H17N3O2. The van der Waals surface area contributed by atoms with E-state index in [4.69, 9.17) is 10.8 Å². The highest BCUT2D eigenvalue weighted by Crippen LogP contribution is 2.27. The summed E-state index contributed by atoms with van der Waals surface area (Å²) in [5.74, 6) is 0.600. The van der Waals surface area contributed by atoms with Crippen LogP contribution in [-0.2, 0) is 4.79 Å². The van der Waals surface area contributed by atoms with Crippen LogP contribution in [-0.4, -0.2) is 29.1 Å². The Morgan fingerprint density at radius 3 is 2.48 bits per heavy atom. The molecule has 2 aromatic rings. The zero-order valence-corrected chi connectivity index (χ0v) is 11.6. The van der Waals surface area contributed by atoms with Crippen molar-refractivity contribution in [2.45, 2.75) is 6.42 Å². The first-order chi connectivity index (χ1) is 10.2. The smallest absolute Gasteiger partial charge is 0.227 e. The monoisotopic (exact) mass is 283 g/mol. The lowest BCUT2D eigenvalue weighted by Gasteiger charge is -2.16. The van der Waals surface area contributed by atoms with Crippen LogP contribution >= 0.6 is 0 Å². The third kappa shape index (κ3) is 2.73. The molecule has 0 bridgehead atoms. The van der Waals surface area contributed by atoms with Gasteiger partial charge in [0.25, 0.3) is 0 Å². The molecule has 1 atom stereocenters. The molecule has 1 unspecified atom stereocenters. The Morgan fingerprint density at radius 2 is 1.90 bits per heavy atom. The molecule has 1 aliphatic heterocycles.